The lowest BCUT2D eigenvalue weighted by Crippen LogP contribution is -1.88. The smallest absolute Gasteiger partial charge is 0.141 e. The third kappa shape index (κ3) is 4.06. The van der Waals surface area contributed by atoms with Gasteiger partial charge in [0.25, 0.3) is 0 Å². The number of fused-ring (bicyclic) bond motifs is 1. The molecule has 0 aliphatic carbocycles. The summed E-state index contributed by atoms with van der Waals surface area (Å²) >= 11 is 0. The van der Waals surface area contributed by atoms with E-state index in [1.54, 1.807) is 6.07 Å². The number of hydrogen-bond acceptors (Lipinski definition) is 1. The Morgan fingerprint density at radius 1 is 0.840 bits per heavy atom. The van der Waals surface area contributed by atoms with E-state index in [1.807, 2.05) is 12.1 Å². The third-order valence-corrected chi connectivity index (χ3v) is 4.65. The molecule has 0 bridgehead atoms. The summed E-state index contributed by atoms with van der Waals surface area (Å²) in [5.41, 5.74) is 3.21. The predicted octanol–water partition coefficient (Wildman–Crippen LogP) is 6.64. The second-order valence-corrected chi connectivity index (χ2v) is 6.51. The first kappa shape index (κ1) is 17.2. The first-order valence-corrected chi connectivity index (χ1v) is 8.94. The maximum absolute atomic E-state index is 13.9. The van der Waals surface area contributed by atoms with Crippen LogP contribution < -0.4 is 0 Å². The molecule has 0 aliphatic rings. The fourth-order valence-corrected chi connectivity index (χ4v) is 3.17. The summed E-state index contributed by atoms with van der Waals surface area (Å²) in [5, 5.41) is 11.2. The number of rotatable bonds is 6. The fourth-order valence-electron chi connectivity index (χ4n) is 3.17. The summed E-state index contributed by atoms with van der Waals surface area (Å²) in [4.78, 5) is 0. The van der Waals surface area contributed by atoms with Gasteiger partial charge in [0, 0.05) is 0 Å². The molecule has 1 nitrogen and oxygen atoms in total. The number of aryl methyl sites for hydroxylation is 1. The minimum absolute atomic E-state index is 0.0808. The molecule has 0 unspecified atom stereocenters. The van der Waals surface area contributed by atoms with Crippen molar-refractivity contribution in [2.75, 3.05) is 0 Å². The van der Waals surface area contributed by atoms with Gasteiger partial charge >= 0.3 is 0 Å². The van der Waals surface area contributed by atoms with Gasteiger partial charge in [-0.2, -0.15) is 5.26 Å². The standard InChI is InChI=1S/C23H22FN/c1-2-3-4-5-6-17-7-8-19-14-20(10-9-18(19)13-17)21-11-12-22(16-25)23(24)15-21/h7-15H,2-6H2,1H3. The van der Waals surface area contributed by atoms with E-state index in [1.165, 1.54) is 48.8 Å². The summed E-state index contributed by atoms with van der Waals surface area (Å²) in [6, 6.07) is 19.4. The van der Waals surface area contributed by atoms with Crippen molar-refractivity contribution >= 4 is 10.8 Å². The third-order valence-electron chi connectivity index (χ3n) is 4.65. The van der Waals surface area contributed by atoms with Crippen LogP contribution in [-0.4, -0.2) is 0 Å². The van der Waals surface area contributed by atoms with Crippen LogP contribution in [0.4, 0.5) is 4.39 Å². The zero-order valence-electron chi connectivity index (χ0n) is 14.6. The van der Waals surface area contributed by atoms with Crippen LogP contribution in [0.25, 0.3) is 21.9 Å². The number of unbranched alkanes of at least 4 members (excludes halogenated alkanes) is 3. The Morgan fingerprint density at radius 2 is 1.56 bits per heavy atom. The van der Waals surface area contributed by atoms with E-state index in [2.05, 4.69) is 37.3 Å². The van der Waals surface area contributed by atoms with E-state index in [0.29, 0.717) is 0 Å². The van der Waals surface area contributed by atoms with E-state index < -0.39 is 5.82 Å². The molecule has 0 aliphatic heterocycles. The molecule has 0 saturated carbocycles. The average molecular weight is 331 g/mol. The van der Waals surface area contributed by atoms with Crippen LogP contribution in [0.1, 0.15) is 43.7 Å². The quantitative estimate of drug-likeness (QED) is 0.464. The largest absolute Gasteiger partial charge is 0.206 e. The monoisotopic (exact) mass is 331 g/mol. The molecule has 2 heteroatoms. The van der Waals surface area contributed by atoms with Gasteiger partial charge in [0.1, 0.15) is 11.9 Å². The predicted molar refractivity (Wildman–Crippen MR) is 102 cm³/mol. The molecule has 0 aromatic heterocycles. The first-order chi connectivity index (χ1) is 12.2. The van der Waals surface area contributed by atoms with Crippen molar-refractivity contribution in [2.45, 2.75) is 39.0 Å². The molecule has 0 amide bonds. The fraction of sp³-hybridized carbons (Fsp3) is 0.261. The summed E-state index contributed by atoms with van der Waals surface area (Å²) in [7, 11) is 0. The van der Waals surface area contributed by atoms with E-state index in [-0.39, 0.29) is 5.56 Å². The second-order valence-electron chi connectivity index (χ2n) is 6.51. The molecule has 0 atom stereocenters. The van der Waals surface area contributed by atoms with Gasteiger partial charge in [-0.05, 0) is 58.5 Å². The SMILES string of the molecule is CCCCCCc1ccc2cc(-c3ccc(C#N)c(F)c3)ccc2c1. The number of halogens is 1. The summed E-state index contributed by atoms with van der Waals surface area (Å²) in [6.07, 6.45) is 6.22. The number of hydrogen-bond donors (Lipinski definition) is 0. The highest BCUT2D eigenvalue weighted by Gasteiger charge is 2.06. The van der Waals surface area contributed by atoms with Gasteiger partial charge in [0.2, 0.25) is 0 Å². The Bertz CT molecular complexity index is 921. The second kappa shape index (κ2) is 7.94. The Morgan fingerprint density at radius 3 is 2.32 bits per heavy atom. The lowest BCUT2D eigenvalue weighted by Gasteiger charge is -2.07. The minimum Gasteiger partial charge on any atom is -0.206 e. The van der Waals surface area contributed by atoms with Crippen LogP contribution in [0.5, 0.6) is 0 Å². The van der Waals surface area contributed by atoms with Crippen molar-refractivity contribution in [3.63, 3.8) is 0 Å². The average Bonchev–Trinajstić information content (AvgIpc) is 2.64. The molecule has 3 aromatic rings. The van der Waals surface area contributed by atoms with Gasteiger partial charge in [-0.1, -0.05) is 62.6 Å². The summed E-state index contributed by atoms with van der Waals surface area (Å²) in [5.74, 6) is -0.470. The Labute approximate surface area is 148 Å². The highest BCUT2D eigenvalue weighted by molar-refractivity contribution is 5.88. The minimum atomic E-state index is -0.470. The highest BCUT2D eigenvalue weighted by atomic mass is 19.1. The Hall–Kier alpha value is -2.66. The van der Waals surface area contributed by atoms with Crippen LogP contribution in [0.2, 0.25) is 0 Å². The van der Waals surface area contributed by atoms with Crippen molar-refractivity contribution in [2.24, 2.45) is 0 Å². The van der Waals surface area contributed by atoms with Crippen LogP contribution in [0.15, 0.2) is 54.6 Å². The lowest BCUT2D eigenvalue weighted by molar-refractivity contribution is 0.624. The van der Waals surface area contributed by atoms with Crippen molar-refractivity contribution in [3.05, 3.63) is 71.5 Å². The molecule has 3 aromatic carbocycles. The first-order valence-electron chi connectivity index (χ1n) is 8.94. The van der Waals surface area contributed by atoms with E-state index in [0.717, 1.165) is 22.9 Å². The molecular formula is C23H22FN. The number of nitrogens with zero attached hydrogens (tertiary/aromatic N) is 1. The Kier molecular flexibility index (Phi) is 5.46. The van der Waals surface area contributed by atoms with E-state index in [9.17, 15) is 4.39 Å². The molecule has 0 saturated heterocycles. The van der Waals surface area contributed by atoms with Crippen molar-refractivity contribution in [3.8, 4) is 17.2 Å². The zero-order valence-corrected chi connectivity index (χ0v) is 14.6. The van der Waals surface area contributed by atoms with Gasteiger partial charge in [0.15, 0.2) is 0 Å². The molecule has 3 rings (SSSR count). The van der Waals surface area contributed by atoms with E-state index >= 15 is 0 Å². The van der Waals surface area contributed by atoms with Crippen LogP contribution in [0, 0.1) is 17.1 Å². The maximum atomic E-state index is 13.9. The topological polar surface area (TPSA) is 23.8 Å². The van der Waals surface area contributed by atoms with Crippen LogP contribution in [-0.2, 0) is 6.42 Å². The summed E-state index contributed by atoms with van der Waals surface area (Å²) < 4.78 is 13.9. The normalized spacial score (nSPS) is 10.8. The van der Waals surface area contributed by atoms with E-state index in [4.69, 9.17) is 5.26 Å². The summed E-state index contributed by atoms with van der Waals surface area (Å²) in [6.45, 7) is 2.23. The molecule has 0 heterocycles. The van der Waals surface area contributed by atoms with Gasteiger partial charge in [-0.25, -0.2) is 4.39 Å². The number of nitriles is 1. The highest BCUT2D eigenvalue weighted by Crippen LogP contribution is 2.27. The Balaban J connectivity index is 1.83. The maximum Gasteiger partial charge on any atom is 0.141 e. The van der Waals surface area contributed by atoms with Crippen LogP contribution >= 0.6 is 0 Å². The molecule has 0 N–H and O–H groups in total. The van der Waals surface area contributed by atoms with Gasteiger partial charge in [-0.15, -0.1) is 0 Å². The lowest BCUT2D eigenvalue weighted by atomic mass is 9.98. The van der Waals surface area contributed by atoms with Gasteiger partial charge < -0.3 is 0 Å². The van der Waals surface area contributed by atoms with Crippen molar-refractivity contribution < 1.29 is 4.39 Å². The van der Waals surface area contributed by atoms with Crippen molar-refractivity contribution in [1.82, 2.24) is 0 Å². The molecule has 126 valence electrons. The molecular weight excluding hydrogens is 309 g/mol. The van der Waals surface area contributed by atoms with Gasteiger partial charge in [0.05, 0.1) is 5.56 Å². The molecule has 25 heavy (non-hydrogen) atoms. The van der Waals surface area contributed by atoms with Crippen LogP contribution in [0.3, 0.4) is 0 Å². The zero-order chi connectivity index (χ0) is 17.6. The molecule has 0 radical (unpaired) electrons. The van der Waals surface area contributed by atoms with Gasteiger partial charge in [-0.3, -0.25) is 0 Å². The van der Waals surface area contributed by atoms with Crippen molar-refractivity contribution in [1.29, 1.82) is 5.26 Å². The number of benzene rings is 3. The molecule has 0 fully saturated rings. The molecule has 0 spiro atoms.